The molecule has 2 fully saturated rings. The second kappa shape index (κ2) is 7.04. The first-order valence-electron chi connectivity index (χ1n) is 9.16. The molecule has 0 amide bonds. The van der Waals surface area contributed by atoms with Crippen molar-refractivity contribution in [3.8, 4) is 11.5 Å². The minimum Gasteiger partial charge on any atom is -0.497 e. The SMILES string of the molecule is COc1cccc(OC[C@@H]2[C@@H]3CC[C@H](C3)N2Cc2ccncc2C)c1. The van der Waals surface area contributed by atoms with Gasteiger partial charge in [-0.05, 0) is 61.4 Å². The van der Waals surface area contributed by atoms with Crippen LogP contribution in [0.1, 0.15) is 30.4 Å². The van der Waals surface area contributed by atoms with Gasteiger partial charge >= 0.3 is 0 Å². The van der Waals surface area contributed by atoms with Gasteiger partial charge in [-0.15, -0.1) is 0 Å². The molecule has 0 N–H and O–H groups in total. The van der Waals surface area contributed by atoms with Gasteiger partial charge < -0.3 is 9.47 Å². The van der Waals surface area contributed by atoms with E-state index in [4.69, 9.17) is 9.47 Å². The quantitative estimate of drug-likeness (QED) is 0.802. The van der Waals surface area contributed by atoms with Crippen LogP contribution in [0.2, 0.25) is 0 Å². The van der Waals surface area contributed by atoms with Crippen LogP contribution in [0, 0.1) is 12.8 Å². The maximum atomic E-state index is 6.15. The summed E-state index contributed by atoms with van der Waals surface area (Å²) in [5.74, 6) is 2.50. The lowest BCUT2D eigenvalue weighted by Crippen LogP contribution is -2.43. The van der Waals surface area contributed by atoms with Crippen molar-refractivity contribution in [1.82, 2.24) is 9.88 Å². The number of aryl methyl sites for hydroxylation is 1. The highest BCUT2D eigenvalue weighted by Crippen LogP contribution is 2.43. The van der Waals surface area contributed by atoms with Crippen molar-refractivity contribution < 1.29 is 9.47 Å². The van der Waals surface area contributed by atoms with E-state index >= 15 is 0 Å². The Hall–Kier alpha value is -2.07. The van der Waals surface area contributed by atoms with Gasteiger partial charge in [0.05, 0.1) is 7.11 Å². The number of rotatable bonds is 6. The number of ether oxygens (including phenoxy) is 2. The van der Waals surface area contributed by atoms with E-state index in [1.165, 1.54) is 30.4 Å². The lowest BCUT2D eigenvalue weighted by Gasteiger charge is -2.35. The van der Waals surface area contributed by atoms with Crippen LogP contribution in [0.3, 0.4) is 0 Å². The molecule has 2 aliphatic rings. The van der Waals surface area contributed by atoms with Crippen molar-refractivity contribution in [3.05, 3.63) is 53.9 Å². The average molecular weight is 338 g/mol. The van der Waals surface area contributed by atoms with Crippen LogP contribution in [-0.2, 0) is 6.54 Å². The summed E-state index contributed by atoms with van der Waals surface area (Å²) >= 11 is 0. The molecular weight excluding hydrogens is 312 g/mol. The molecule has 1 saturated heterocycles. The summed E-state index contributed by atoms with van der Waals surface area (Å²) in [6.45, 7) is 3.90. The molecule has 0 spiro atoms. The molecule has 2 heterocycles. The first kappa shape index (κ1) is 16.4. The molecule has 4 heteroatoms. The Labute approximate surface area is 149 Å². The fraction of sp³-hybridized carbons (Fsp3) is 0.476. The molecule has 1 saturated carbocycles. The second-order valence-electron chi connectivity index (χ2n) is 7.26. The van der Waals surface area contributed by atoms with Gasteiger partial charge in [0.25, 0.3) is 0 Å². The summed E-state index contributed by atoms with van der Waals surface area (Å²) < 4.78 is 11.4. The predicted octanol–water partition coefficient (Wildman–Crippen LogP) is 3.83. The number of fused-ring (bicyclic) bond motifs is 2. The van der Waals surface area contributed by atoms with Crippen LogP contribution in [0.15, 0.2) is 42.7 Å². The van der Waals surface area contributed by atoms with E-state index in [2.05, 4.69) is 22.9 Å². The minimum atomic E-state index is 0.498. The largest absolute Gasteiger partial charge is 0.497 e. The molecule has 0 unspecified atom stereocenters. The fourth-order valence-corrected chi connectivity index (χ4v) is 4.41. The summed E-state index contributed by atoms with van der Waals surface area (Å²) in [6, 6.07) is 11.3. The van der Waals surface area contributed by atoms with Crippen LogP contribution in [-0.4, -0.2) is 35.7 Å². The van der Waals surface area contributed by atoms with Gasteiger partial charge in [0.1, 0.15) is 18.1 Å². The van der Waals surface area contributed by atoms with Crippen molar-refractivity contribution >= 4 is 0 Å². The lowest BCUT2D eigenvalue weighted by molar-refractivity contribution is 0.0865. The number of aromatic nitrogens is 1. The summed E-state index contributed by atoms with van der Waals surface area (Å²) in [4.78, 5) is 6.89. The summed E-state index contributed by atoms with van der Waals surface area (Å²) in [6.07, 6.45) is 7.84. The van der Waals surface area contributed by atoms with Gasteiger partial charge in [-0.25, -0.2) is 0 Å². The molecule has 1 aromatic heterocycles. The van der Waals surface area contributed by atoms with Crippen LogP contribution in [0.4, 0.5) is 0 Å². The average Bonchev–Trinajstić information content (AvgIpc) is 3.24. The van der Waals surface area contributed by atoms with Crippen LogP contribution < -0.4 is 9.47 Å². The van der Waals surface area contributed by atoms with Crippen molar-refractivity contribution in [2.24, 2.45) is 5.92 Å². The number of hydrogen-bond acceptors (Lipinski definition) is 4. The molecular formula is C21H26N2O2. The Morgan fingerprint density at radius 1 is 1.20 bits per heavy atom. The van der Waals surface area contributed by atoms with Crippen molar-refractivity contribution in [1.29, 1.82) is 0 Å². The Morgan fingerprint density at radius 3 is 2.92 bits per heavy atom. The zero-order valence-electron chi connectivity index (χ0n) is 15.0. The smallest absolute Gasteiger partial charge is 0.123 e. The van der Waals surface area contributed by atoms with Crippen LogP contribution in [0.25, 0.3) is 0 Å². The Balaban J connectivity index is 1.46. The first-order chi connectivity index (χ1) is 12.2. The van der Waals surface area contributed by atoms with Crippen molar-refractivity contribution in [3.63, 3.8) is 0 Å². The maximum absolute atomic E-state index is 6.15. The molecule has 2 aromatic rings. The number of methoxy groups -OCH3 is 1. The van der Waals surface area contributed by atoms with E-state index in [1.807, 2.05) is 36.7 Å². The van der Waals surface area contributed by atoms with E-state index in [-0.39, 0.29) is 0 Å². The highest BCUT2D eigenvalue weighted by Gasteiger charge is 2.45. The molecule has 4 nitrogen and oxygen atoms in total. The highest BCUT2D eigenvalue weighted by molar-refractivity contribution is 5.33. The standard InChI is InChI=1S/C21H26N2O2/c1-15-12-22-9-8-17(15)13-23-18-7-6-16(10-18)21(23)14-25-20-5-3-4-19(11-20)24-2/h3-5,8-9,11-12,16,18,21H,6-7,10,13-14H2,1-2H3/t16-,18-,21-/m1/s1. The van der Waals surface area contributed by atoms with Crippen LogP contribution in [0.5, 0.6) is 11.5 Å². The fourth-order valence-electron chi connectivity index (χ4n) is 4.41. The topological polar surface area (TPSA) is 34.6 Å². The number of benzene rings is 1. The molecule has 4 rings (SSSR count). The van der Waals surface area contributed by atoms with E-state index in [0.717, 1.165) is 30.6 Å². The van der Waals surface area contributed by atoms with Crippen molar-refractivity contribution in [2.45, 2.75) is 44.8 Å². The van der Waals surface area contributed by atoms with Gasteiger partial charge in [0, 0.05) is 37.1 Å². The van der Waals surface area contributed by atoms with E-state index in [9.17, 15) is 0 Å². The third kappa shape index (κ3) is 3.36. The molecule has 1 aliphatic heterocycles. The van der Waals surface area contributed by atoms with Gasteiger partial charge in [0.2, 0.25) is 0 Å². The molecule has 132 valence electrons. The summed E-state index contributed by atoms with van der Waals surface area (Å²) in [7, 11) is 1.69. The minimum absolute atomic E-state index is 0.498. The predicted molar refractivity (Wildman–Crippen MR) is 97.9 cm³/mol. The van der Waals surface area contributed by atoms with Gasteiger partial charge in [0.15, 0.2) is 0 Å². The normalized spacial score (nSPS) is 25.3. The molecule has 0 radical (unpaired) electrons. The van der Waals surface area contributed by atoms with Gasteiger partial charge in [-0.2, -0.15) is 0 Å². The molecule has 1 aliphatic carbocycles. The first-order valence-corrected chi connectivity index (χ1v) is 9.16. The van der Waals surface area contributed by atoms with Gasteiger partial charge in [-0.1, -0.05) is 6.07 Å². The number of piperidine rings is 1. The van der Waals surface area contributed by atoms with E-state index in [1.54, 1.807) is 7.11 Å². The highest BCUT2D eigenvalue weighted by atomic mass is 16.5. The third-order valence-electron chi connectivity index (χ3n) is 5.84. The van der Waals surface area contributed by atoms with Crippen LogP contribution >= 0.6 is 0 Å². The third-order valence-corrected chi connectivity index (χ3v) is 5.84. The second-order valence-corrected chi connectivity index (χ2v) is 7.26. The number of hydrogen-bond donors (Lipinski definition) is 0. The monoisotopic (exact) mass is 338 g/mol. The Morgan fingerprint density at radius 2 is 2.08 bits per heavy atom. The molecule has 2 bridgehead atoms. The zero-order chi connectivity index (χ0) is 17.2. The number of pyridine rings is 1. The van der Waals surface area contributed by atoms with E-state index < -0.39 is 0 Å². The zero-order valence-corrected chi connectivity index (χ0v) is 15.0. The van der Waals surface area contributed by atoms with E-state index in [0.29, 0.717) is 12.1 Å². The summed E-state index contributed by atoms with van der Waals surface area (Å²) in [5, 5.41) is 0. The lowest BCUT2D eigenvalue weighted by atomic mass is 9.98. The maximum Gasteiger partial charge on any atom is 0.123 e. The Kier molecular flexibility index (Phi) is 4.62. The number of nitrogens with zero attached hydrogens (tertiary/aromatic N) is 2. The molecule has 25 heavy (non-hydrogen) atoms. The van der Waals surface area contributed by atoms with Crippen molar-refractivity contribution in [2.75, 3.05) is 13.7 Å². The summed E-state index contributed by atoms with van der Waals surface area (Å²) in [5.41, 5.74) is 2.66. The number of likely N-dealkylation sites (tertiary alicyclic amines) is 1. The molecule has 3 atom stereocenters. The Bertz CT molecular complexity index is 733. The molecule has 1 aromatic carbocycles. The van der Waals surface area contributed by atoms with Gasteiger partial charge in [-0.3, -0.25) is 9.88 Å².